The molecule has 24 heavy (non-hydrogen) atoms. The molecule has 3 aliphatic rings. The van der Waals surface area contributed by atoms with E-state index in [1.807, 2.05) is 0 Å². The molecular weight excluding hydrogens is 324 g/mol. The topological polar surface area (TPSA) is 46.1 Å². The Kier molecular flexibility index (Phi) is 6.83. The highest BCUT2D eigenvalue weighted by Crippen LogP contribution is 2.46. The highest BCUT2D eigenvalue weighted by Gasteiger charge is 2.51. The van der Waals surface area contributed by atoms with Gasteiger partial charge in [-0.1, -0.05) is 33.1 Å². The van der Waals surface area contributed by atoms with Gasteiger partial charge in [-0.2, -0.15) is 0 Å². The van der Waals surface area contributed by atoms with Crippen LogP contribution in [0.2, 0.25) is 0 Å². The normalized spacial score (nSPS) is 26.8. The van der Waals surface area contributed by atoms with Gasteiger partial charge in [-0.15, -0.1) is 0 Å². The van der Waals surface area contributed by atoms with Crippen molar-refractivity contribution in [2.45, 2.75) is 77.2 Å². The fraction of sp³-hybridized carbons (Fsp3) is 0.947. The third kappa shape index (κ3) is 3.55. The number of halogens is 1. The van der Waals surface area contributed by atoms with Crippen molar-refractivity contribution in [1.29, 1.82) is 0 Å². The van der Waals surface area contributed by atoms with Crippen molar-refractivity contribution in [3.05, 3.63) is 0 Å². The first-order valence-corrected chi connectivity index (χ1v) is 9.92. The number of carbonyl (C=O) groups excluding carboxylic acids is 1. The highest BCUT2D eigenvalue weighted by molar-refractivity contribution is 5.71. The van der Waals surface area contributed by atoms with Crippen LogP contribution in [-0.2, 0) is 4.74 Å². The minimum atomic E-state index is -0.0570. The third-order valence-electron chi connectivity index (χ3n) is 7.21. The van der Waals surface area contributed by atoms with E-state index in [9.17, 15) is 4.79 Å². The van der Waals surface area contributed by atoms with Gasteiger partial charge in [0.1, 0.15) is 6.61 Å². The van der Waals surface area contributed by atoms with Gasteiger partial charge in [-0.3, -0.25) is 4.90 Å². The zero-order chi connectivity index (χ0) is 16.3. The molecule has 3 fully saturated rings. The molecule has 2 heterocycles. The van der Waals surface area contributed by atoms with Crippen LogP contribution in [0.25, 0.3) is 0 Å². The molecular formula is C19H35ClN2O2. The Hall–Kier alpha value is -0.480. The van der Waals surface area contributed by atoms with Crippen LogP contribution in [0.4, 0.5) is 4.79 Å². The monoisotopic (exact) mass is 358 g/mol. The molecule has 1 aliphatic carbocycles. The number of hydrogen-bond donors (Lipinski definition) is 1. The quantitative estimate of drug-likeness (QED) is 0.747. The summed E-state index contributed by atoms with van der Waals surface area (Å²) < 4.78 is 5.52. The second kappa shape index (κ2) is 8.27. The molecule has 2 saturated heterocycles. The van der Waals surface area contributed by atoms with E-state index in [2.05, 4.69) is 24.1 Å². The predicted molar refractivity (Wildman–Crippen MR) is 91.3 cm³/mol. The van der Waals surface area contributed by atoms with Crippen LogP contribution in [0.15, 0.2) is 0 Å². The Bertz CT molecular complexity index is 414. The first-order chi connectivity index (χ1) is 11.2. The number of ether oxygens (including phenoxy) is 1. The summed E-state index contributed by atoms with van der Waals surface area (Å²) in [5.41, 5.74) is 0.286. The van der Waals surface area contributed by atoms with Gasteiger partial charge in [0.05, 0.1) is 18.6 Å². The third-order valence-corrected chi connectivity index (χ3v) is 7.21. The van der Waals surface area contributed by atoms with Crippen LogP contribution >= 0.6 is 0 Å². The molecule has 1 saturated carbocycles. The van der Waals surface area contributed by atoms with Crippen molar-refractivity contribution < 1.29 is 27.3 Å². The molecule has 0 aromatic heterocycles. The van der Waals surface area contributed by atoms with Gasteiger partial charge in [0.2, 0.25) is 0 Å². The number of nitrogens with zero attached hydrogens (tertiary/aromatic N) is 1. The number of amides is 1. The number of piperidine rings is 1. The summed E-state index contributed by atoms with van der Waals surface area (Å²) in [5, 5.41) is 2.45. The van der Waals surface area contributed by atoms with Gasteiger partial charge in [0, 0.05) is 24.8 Å². The summed E-state index contributed by atoms with van der Waals surface area (Å²) >= 11 is 0. The summed E-state index contributed by atoms with van der Waals surface area (Å²) in [7, 11) is 0. The van der Waals surface area contributed by atoms with E-state index in [4.69, 9.17) is 4.74 Å². The first kappa shape index (κ1) is 19.8. The molecule has 0 aromatic carbocycles. The molecule has 5 heteroatoms. The Labute approximate surface area is 153 Å². The Morgan fingerprint density at radius 2 is 1.75 bits per heavy atom. The summed E-state index contributed by atoms with van der Waals surface area (Å²) in [4.78, 5) is 14.6. The summed E-state index contributed by atoms with van der Waals surface area (Å²) in [5.74, 6) is 0.810. The Morgan fingerprint density at radius 3 is 2.33 bits per heavy atom. The van der Waals surface area contributed by atoms with Crippen molar-refractivity contribution in [2.75, 3.05) is 26.2 Å². The molecule has 0 bridgehead atoms. The van der Waals surface area contributed by atoms with Gasteiger partial charge in [-0.05, 0) is 31.6 Å². The van der Waals surface area contributed by atoms with E-state index in [1.165, 1.54) is 58.0 Å². The standard InChI is InChI=1S/C19H34N2O2.ClH/c1-3-19(4-2)15-23-17(22)21(19)14-18(10-12-20-13-11-18)16-8-6-5-7-9-16;/h16,20H,3-15H2,1-2H3;1H. The zero-order valence-corrected chi connectivity index (χ0v) is 16.2. The number of quaternary nitrogens is 1. The minimum Gasteiger partial charge on any atom is -1.00 e. The second-order valence-electron chi connectivity index (χ2n) is 8.14. The molecule has 0 unspecified atom stereocenters. The molecule has 2 N–H and O–H groups in total. The molecule has 0 spiro atoms. The van der Waals surface area contributed by atoms with Gasteiger partial charge in [0.15, 0.2) is 0 Å². The lowest BCUT2D eigenvalue weighted by Gasteiger charge is -2.48. The largest absolute Gasteiger partial charge is 1.00 e. The second-order valence-corrected chi connectivity index (χ2v) is 8.14. The zero-order valence-electron chi connectivity index (χ0n) is 15.5. The number of nitrogens with two attached hydrogens (primary N) is 1. The van der Waals surface area contributed by atoms with Crippen LogP contribution in [0.1, 0.15) is 71.6 Å². The molecule has 140 valence electrons. The maximum absolute atomic E-state index is 12.5. The van der Waals surface area contributed by atoms with Gasteiger partial charge in [-0.25, -0.2) is 4.79 Å². The van der Waals surface area contributed by atoms with Gasteiger partial charge < -0.3 is 22.5 Å². The van der Waals surface area contributed by atoms with Crippen LogP contribution in [0.5, 0.6) is 0 Å². The molecule has 2 aliphatic heterocycles. The Balaban J connectivity index is 0.00000208. The van der Waals surface area contributed by atoms with E-state index >= 15 is 0 Å². The number of cyclic esters (lactones) is 1. The Morgan fingerprint density at radius 1 is 1.12 bits per heavy atom. The van der Waals surface area contributed by atoms with Gasteiger partial charge >= 0.3 is 6.09 Å². The summed E-state index contributed by atoms with van der Waals surface area (Å²) in [6.07, 6.45) is 11.4. The molecule has 0 atom stereocenters. The van der Waals surface area contributed by atoms with E-state index in [0.717, 1.165) is 25.3 Å². The summed E-state index contributed by atoms with van der Waals surface area (Å²) in [6, 6.07) is 0. The van der Waals surface area contributed by atoms with Gasteiger partial charge in [0.25, 0.3) is 0 Å². The lowest BCUT2D eigenvalue weighted by Crippen LogP contribution is -3.00. The van der Waals surface area contributed by atoms with Crippen molar-refractivity contribution in [3.8, 4) is 0 Å². The lowest BCUT2D eigenvalue weighted by atomic mass is 9.63. The van der Waals surface area contributed by atoms with Crippen LogP contribution in [0, 0.1) is 11.3 Å². The number of rotatable bonds is 5. The predicted octanol–water partition coefficient (Wildman–Crippen LogP) is -0.0747. The smallest absolute Gasteiger partial charge is 0.410 e. The van der Waals surface area contributed by atoms with Crippen LogP contribution in [-0.4, -0.2) is 42.8 Å². The lowest BCUT2D eigenvalue weighted by molar-refractivity contribution is -0.668. The number of carbonyl (C=O) groups is 1. The molecule has 3 rings (SSSR count). The van der Waals surface area contributed by atoms with E-state index < -0.39 is 0 Å². The maximum Gasteiger partial charge on any atom is 0.410 e. The highest BCUT2D eigenvalue weighted by atomic mass is 35.5. The maximum atomic E-state index is 12.5. The summed E-state index contributed by atoms with van der Waals surface area (Å²) in [6.45, 7) is 8.40. The fourth-order valence-electron chi connectivity index (χ4n) is 5.39. The van der Waals surface area contributed by atoms with Crippen molar-refractivity contribution in [2.24, 2.45) is 11.3 Å². The van der Waals surface area contributed by atoms with Crippen molar-refractivity contribution in [3.63, 3.8) is 0 Å². The molecule has 0 aromatic rings. The average molecular weight is 359 g/mol. The SMILES string of the molecule is CCC1(CC)COC(=O)N1CC1(C2CCCCC2)CC[NH2+]CC1.[Cl-]. The van der Waals surface area contributed by atoms with E-state index in [1.54, 1.807) is 0 Å². The van der Waals surface area contributed by atoms with Crippen molar-refractivity contribution >= 4 is 6.09 Å². The molecule has 0 radical (unpaired) electrons. The van der Waals surface area contributed by atoms with Crippen LogP contribution < -0.4 is 17.7 Å². The molecule has 4 nitrogen and oxygen atoms in total. The first-order valence-electron chi connectivity index (χ1n) is 9.92. The fourth-order valence-corrected chi connectivity index (χ4v) is 5.39. The van der Waals surface area contributed by atoms with Crippen LogP contribution in [0.3, 0.4) is 0 Å². The van der Waals surface area contributed by atoms with E-state index in [0.29, 0.717) is 12.0 Å². The molecule has 1 amide bonds. The minimum absolute atomic E-state index is 0. The van der Waals surface area contributed by atoms with Crippen molar-refractivity contribution in [1.82, 2.24) is 4.90 Å². The average Bonchev–Trinajstić information content (AvgIpc) is 2.93. The van der Waals surface area contributed by atoms with E-state index in [-0.39, 0.29) is 24.0 Å². The number of hydrogen-bond acceptors (Lipinski definition) is 2.